The van der Waals surface area contributed by atoms with Crippen LogP contribution in [0.4, 0.5) is 4.39 Å². The fraction of sp³-hybridized carbons (Fsp3) is 0.294. The van der Waals surface area contributed by atoms with Gasteiger partial charge in [-0.1, -0.05) is 34.1 Å². The minimum Gasteiger partial charge on any atom is -0.494 e. The van der Waals surface area contributed by atoms with Crippen LogP contribution in [0.1, 0.15) is 29.7 Å². The molecule has 1 unspecified atom stereocenters. The summed E-state index contributed by atoms with van der Waals surface area (Å²) in [7, 11) is 1.90. The fourth-order valence-electron chi connectivity index (χ4n) is 2.35. The van der Waals surface area contributed by atoms with Gasteiger partial charge < -0.3 is 10.1 Å². The molecular formula is C17H19BrFNO. The van der Waals surface area contributed by atoms with Gasteiger partial charge in [-0.05, 0) is 55.8 Å². The summed E-state index contributed by atoms with van der Waals surface area (Å²) in [6.07, 6.45) is 0. The van der Waals surface area contributed by atoms with Gasteiger partial charge in [0.15, 0.2) is 0 Å². The molecule has 0 spiro atoms. The van der Waals surface area contributed by atoms with E-state index in [4.69, 9.17) is 4.74 Å². The molecule has 0 radical (unpaired) electrons. The van der Waals surface area contributed by atoms with Gasteiger partial charge in [0.05, 0.1) is 12.6 Å². The molecule has 2 aromatic rings. The summed E-state index contributed by atoms with van der Waals surface area (Å²) in [5, 5.41) is 3.28. The lowest BCUT2D eigenvalue weighted by Gasteiger charge is -2.20. The lowest BCUT2D eigenvalue weighted by atomic mass is 9.97. The number of ether oxygens (including phenoxy) is 1. The standard InChI is InChI=1S/C17H19BrFNO/c1-4-21-13-6-7-14(15(18)10-13)17(20-3)12-5-8-16(19)11(2)9-12/h5-10,17,20H,4H2,1-3H3. The van der Waals surface area contributed by atoms with Gasteiger partial charge >= 0.3 is 0 Å². The maximum Gasteiger partial charge on any atom is 0.126 e. The molecule has 0 saturated heterocycles. The zero-order valence-electron chi connectivity index (χ0n) is 12.4. The van der Waals surface area contributed by atoms with Gasteiger partial charge in [0.2, 0.25) is 0 Å². The number of halogens is 2. The first-order valence-electron chi connectivity index (χ1n) is 6.92. The highest BCUT2D eigenvalue weighted by atomic mass is 79.9. The van der Waals surface area contributed by atoms with E-state index < -0.39 is 0 Å². The van der Waals surface area contributed by atoms with Crippen molar-refractivity contribution in [2.24, 2.45) is 0 Å². The molecule has 0 heterocycles. The van der Waals surface area contributed by atoms with Gasteiger partial charge in [0, 0.05) is 4.47 Å². The predicted octanol–water partition coefficient (Wildman–Crippen LogP) is 4.60. The normalized spacial score (nSPS) is 12.2. The summed E-state index contributed by atoms with van der Waals surface area (Å²) >= 11 is 3.59. The highest BCUT2D eigenvalue weighted by molar-refractivity contribution is 9.10. The van der Waals surface area contributed by atoms with E-state index in [-0.39, 0.29) is 11.9 Å². The Kier molecular flexibility index (Phi) is 5.37. The first-order chi connectivity index (χ1) is 10.1. The summed E-state index contributed by atoms with van der Waals surface area (Å²) < 4.78 is 19.9. The molecular weight excluding hydrogens is 333 g/mol. The molecule has 1 N–H and O–H groups in total. The van der Waals surface area contributed by atoms with Crippen molar-refractivity contribution in [1.29, 1.82) is 0 Å². The lowest BCUT2D eigenvalue weighted by molar-refractivity contribution is 0.340. The molecule has 0 aliphatic rings. The average molecular weight is 352 g/mol. The van der Waals surface area contributed by atoms with E-state index in [1.54, 1.807) is 6.92 Å². The second kappa shape index (κ2) is 7.05. The van der Waals surface area contributed by atoms with Crippen LogP contribution in [0, 0.1) is 12.7 Å². The molecule has 0 aliphatic heterocycles. The van der Waals surface area contributed by atoms with E-state index in [0.29, 0.717) is 12.2 Å². The van der Waals surface area contributed by atoms with Crippen molar-refractivity contribution in [2.45, 2.75) is 19.9 Å². The molecule has 1 atom stereocenters. The third kappa shape index (κ3) is 3.63. The molecule has 112 valence electrons. The maximum atomic E-state index is 13.4. The molecule has 4 heteroatoms. The van der Waals surface area contributed by atoms with Crippen molar-refractivity contribution in [1.82, 2.24) is 5.32 Å². The molecule has 21 heavy (non-hydrogen) atoms. The Balaban J connectivity index is 2.38. The first kappa shape index (κ1) is 16.0. The molecule has 0 amide bonds. The highest BCUT2D eigenvalue weighted by Crippen LogP contribution is 2.32. The quantitative estimate of drug-likeness (QED) is 0.849. The van der Waals surface area contributed by atoms with E-state index in [2.05, 4.69) is 21.2 Å². The molecule has 0 bridgehead atoms. The van der Waals surface area contributed by atoms with Gasteiger partial charge in [0.25, 0.3) is 0 Å². The van der Waals surface area contributed by atoms with Crippen LogP contribution in [0.5, 0.6) is 5.75 Å². The Morgan fingerprint density at radius 3 is 2.57 bits per heavy atom. The number of nitrogens with one attached hydrogen (secondary N) is 1. The SMILES string of the molecule is CCOc1ccc(C(NC)c2ccc(F)c(C)c2)c(Br)c1. The highest BCUT2D eigenvalue weighted by Gasteiger charge is 2.16. The van der Waals surface area contributed by atoms with Gasteiger partial charge in [-0.2, -0.15) is 0 Å². The van der Waals surface area contributed by atoms with Gasteiger partial charge in [-0.15, -0.1) is 0 Å². The third-order valence-electron chi connectivity index (χ3n) is 3.40. The predicted molar refractivity (Wildman–Crippen MR) is 87.4 cm³/mol. The van der Waals surface area contributed by atoms with E-state index in [1.807, 2.05) is 44.3 Å². The Morgan fingerprint density at radius 2 is 2.00 bits per heavy atom. The van der Waals surface area contributed by atoms with Crippen molar-refractivity contribution in [3.8, 4) is 5.75 Å². The second-order valence-electron chi connectivity index (χ2n) is 4.85. The van der Waals surface area contributed by atoms with Crippen LogP contribution >= 0.6 is 15.9 Å². The molecule has 2 nitrogen and oxygen atoms in total. The average Bonchev–Trinajstić information content (AvgIpc) is 2.46. The molecule has 0 aliphatic carbocycles. The minimum atomic E-state index is -0.181. The van der Waals surface area contributed by atoms with Crippen molar-refractivity contribution in [3.05, 3.63) is 63.4 Å². The number of benzene rings is 2. The lowest BCUT2D eigenvalue weighted by Crippen LogP contribution is -2.18. The summed E-state index contributed by atoms with van der Waals surface area (Å²) in [5.41, 5.74) is 2.77. The minimum absolute atomic E-state index is 0.00523. The van der Waals surface area contributed by atoms with Crippen LogP contribution < -0.4 is 10.1 Å². The summed E-state index contributed by atoms with van der Waals surface area (Å²) in [6.45, 7) is 4.37. The van der Waals surface area contributed by atoms with E-state index in [0.717, 1.165) is 21.3 Å². The van der Waals surface area contributed by atoms with E-state index in [1.165, 1.54) is 6.07 Å². The molecule has 0 fully saturated rings. The zero-order chi connectivity index (χ0) is 15.4. The van der Waals surface area contributed by atoms with Crippen molar-refractivity contribution in [3.63, 3.8) is 0 Å². The number of rotatable bonds is 5. The van der Waals surface area contributed by atoms with Gasteiger partial charge in [0.1, 0.15) is 11.6 Å². The Bertz CT molecular complexity index is 630. The van der Waals surface area contributed by atoms with E-state index >= 15 is 0 Å². The van der Waals surface area contributed by atoms with Crippen LogP contribution in [0.2, 0.25) is 0 Å². The first-order valence-corrected chi connectivity index (χ1v) is 7.71. The zero-order valence-corrected chi connectivity index (χ0v) is 14.0. The summed E-state index contributed by atoms with van der Waals surface area (Å²) in [4.78, 5) is 0. The van der Waals surface area contributed by atoms with E-state index in [9.17, 15) is 4.39 Å². The van der Waals surface area contributed by atoms with Crippen molar-refractivity contribution >= 4 is 15.9 Å². The van der Waals surface area contributed by atoms with Crippen molar-refractivity contribution in [2.75, 3.05) is 13.7 Å². The smallest absolute Gasteiger partial charge is 0.126 e. The van der Waals surface area contributed by atoms with Gasteiger partial charge in [-0.3, -0.25) is 0 Å². The Hall–Kier alpha value is -1.39. The molecule has 0 saturated carbocycles. The van der Waals surface area contributed by atoms with Crippen LogP contribution in [-0.2, 0) is 0 Å². The Morgan fingerprint density at radius 1 is 1.24 bits per heavy atom. The topological polar surface area (TPSA) is 21.3 Å². The van der Waals surface area contributed by atoms with Crippen LogP contribution in [-0.4, -0.2) is 13.7 Å². The maximum absolute atomic E-state index is 13.4. The van der Waals surface area contributed by atoms with Gasteiger partial charge in [-0.25, -0.2) is 4.39 Å². The summed E-state index contributed by atoms with van der Waals surface area (Å²) in [5.74, 6) is 0.651. The second-order valence-corrected chi connectivity index (χ2v) is 5.70. The third-order valence-corrected chi connectivity index (χ3v) is 4.08. The fourth-order valence-corrected chi connectivity index (χ4v) is 2.93. The number of aryl methyl sites for hydroxylation is 1. The molecule has 0 aromatic heterocycles. The Labute approximate surface area is 133 Å². The monoisotopic (exact) mass is 351 g/mol. The van der Waals surface area contributed by atoms with Crippen molar-refractivity contribution < 1.29 is 9.13 Å². The number of hydrogen-bond acceptors (Lipinski definition) is 2. The number of hydrogen-bond donors (Lipinski definition) is 1. The largest absolute Gasteiger partial charge is 0.494 e. The molecule has 2 aromatic carbocycles. The van der Waals surface area contributed by atoms with Crippen LogP contribution in [0.3, 0.4) is 0 Å². The van der Waals surface area contributed by atoms with Crippen LogP contribution in [0.15, 0.2) is 40.9 Å². The van der Waals surface area contributed by atoms with Crippen LogP contribution in [0.25, 0.3) is 0 Å². The summed E-state index contributed by atoms with van der Waals surface area (Å²) in [6, 6.07) is 11.1. The molecule has 2 rings (SSSR count).